The number of hydrogen-bond acceptors (Lipinski definition) is 4. The largest absolute Gasteiger partial charge is 0.330 e. The summed E-state index contributed by atoms with van der Waals surface area (Å²) < 4.78 is 2.58. The van der Waals surface area contributed by atoms with Crippen molar-refractivity contribution in [2.45, 2.75) is 6.54 Å². The van der Waals surface area contributed by atoms with Crippen molar-refractivity contribution >= 4 is 34.7 Å². The molecule has 0 unspecified atom stereocenters. The molecule has 0 radical (unpaired) electrons. The molecule has 0 saturated heterocycles. The molecule has 0 saturated carbocycles. The SMILES string of the molecule is C=CCn1c(-c2cccs2)nc2c(=S)nc[nH]c21. The van der Waals surface area contributed by atoms with Gasteiger partial charge >= 0.3 is 0 Å². The normalized spacial score (nSPS) is 10.9. The minimum absolute atomic E-state index is 0.518. The maximum Gasteiger partial charge on any atom is 0.157 e. The number of hydrogen-bond donors (Lipinski definition) is 1. The number of aromatic nitrogens is 4. The molecule has 18 heavy (non-hydrogen) atoms. The summed E-state index contributed by atoms with van der Waals surface area (Å²) in [7, 11) is 0. The molecule has 0 aliphatic rings. The molecule has 3 rings (SSSR count). The fourth-order valence-corrected chi connectivity index (χ4v) is 2.78. The van der Waals surface area contributed by atoms with Crippen LogP contribution in [0.5, 0.6) is 0 Å². The van der Waals surface area contributed by atoms with E-state index in [-0.39, 0.29) is 0 Å². The predicted octanol–water partition coefficient (Wildman–Crippen LogP) is 3.40. The van der Waals surface area contributed by atoms with Gasteiger partial charge in [0.25, 0.3) is 0 Å². The molecular weight excluding hydrogens is 264 g/mol. The summed E-state index contributed by atoms with van der Waals surface area (Å²) in [5.74, 6) is 0.898. The molecule has 0 amide bonds. The van der Waals surface area contributed by atoms with E-state index in [4.69, 9.17) is 12.2 Å². The maximum atomic E-state index is 5.21. The monoisotopic (exact) mass is 274 g/mol. The lowest BCUT2D eigenvalue weighted by molar-refractivity contribution is 0.850. The van der Waals surface area contributed by atoms with Gasteiger partial charge in [-0.2, -0.15) is 0 Å². The molecule has 4 nitrogen and oxygen atoms in total. The van der Waals surface area contributed by atoms with Gasteiger partial charge in [0.15, 0.2) is 10.5 Å². The van der Waals surface area contributed by atoms with Gasteiger partial charge in [-0.3, -0.25) is 0 Å². The summed E-state index contributed by atoms with van der Waals surface area (Å²) in [6.45, 7) is 4.47. The number of thiophene rings is 1. The molecule has 0 atom stereocenters. The molecule has 0 spiro atoms. The Hall–Kier alpha value is -1.79. The second-order valence-electron chi connectivity index (χ2n) is 3.72. The van der Waals surface area contributed by atoms with Gasteiger partial charge < -0.3 is 9.55 Å². The Kier molecular flexibility index (Phi) is 2.81. The van der Waals surface area contributed by atoms with Crippen LogP contribution in [0, 0.1) is 4.64 Å². The molecule has 0 aliphatic heterocycles. The second kappa shape index (κ2) is 4.47. The summed E-state index contributed by atoms with van der Waals surface area (Å²) in [5, 5.41) is 2.03. The van der Waals surface area contributed by atoms with E-state index in [1.807, 2.05) is 23.6 Å². The van der Waals surface area contributed by atoms with Crippen molar-refractivity contribution in [1.82, 2.24) is 19.5 Å². The second-order valence-corrected chi connectivity index (χ2v) is 5.05. The van der Waals surface area contributed by atoms with Crippen molar-refractivity contribution in [2.24, 2.45) is 0 Å². The van der Waals surface area contributed by atoms with Gasteiger partial charge in [-0.05, 0) is 11.4 Å². The van der Waals surface area contributed by atoms with Crippen LogP contribution >= 0.6 is 23.6 Å². The molecule has 3 aromatic rings. The van der Waals surface area contributed by atoms with Gasteiger partial charge in [0, 0.05) is 6.54 Å². The lowest BCUT2D eigenvalue weighted by atomic mass is 10.4. The molecule has 0 aromatic carbocycles. The van der Waals surface area contributed by atoms with Crippen LogP contribution in [0.1, 0.15) is 0 Å². The number of nitrogens with zero attached hydrogens (tertiary/aromatic N) is 3. The lowest BCUT2D eigenvalue weighted by Gasteiger charge is -2.03. The molecule has 3 aromatic heterocycles. The fraction of sp³-hybridized carbons (Fsp3) is 0.0833. The highest BCUT2D eigenvalue weighted by molar-refractivity contribution is 7.71. The van der Waals surface area contributed by atoms with E-state index >= 15 is 0 Å². The van der Waals surface area contributed by atoms with Crippen molar-refractivity contribution in [3.8, 4) is 10.7 Å². The summed E-state index contributed by atoms with van der Waals surface area (Å²) in [5.41, 5.74) is 1.62. The summed E-state index contributed by atoms with van der Waals surface area (Å²) in [6, 6.07) is 4.05. The van der Waals surface area contributed by atoms with Crippen LogP contribution < -0.4 is 0 Å². The third-order valence-electron chi connectivity index (χ3n) is 2.61. The number of aromatic amines is 1. The van der Waals surface area contributed by atoms with E-state index in [0.717, 1.165) is 21.9 Å². The minimum atomic E-state index is 0.518. The molecule has 3 heterocycles. The number of imidazole rings is 1. The number of allylic oxidation sites excluding steroid dienone is 1. The van der Waals surface area contributed by atoms with E-state index in [9.17, 15) is 0 Å². The highest BCUT2D eigenvalue weighted by atomic mass is 32.1. The Morgan fingerprint density at radius 3 is 3.17 bits per heavy atom. The first kappa shape index (κ1) is 11.3. The van der Waals surface area contributed by atoms with E-state index in [2.05, 4.69) is 26.1 Å². The van der Waals surface area contributed by atoms with E-state index in [1.165, 1.54) is 0 Å². The standard InChI is InChI=1S/C12H10N4S2/c1-2-5-16-10(8-4-3-6-18-8)15-9-11(16)13-7-14-12(9)17/h2-4,6-7H,1,5H2,(H,13,14,17). The molecule has 6 heteroatoms. The van der Waals surface area contributed by atoms with Crippen LogP contribution in [0.15, 0.2) is 36.5 Å². The van der Waals surface area contributed by atoms with Crippen LogP contribution in [-0.2, 0) is 6.54 Å². The minimum Gasteiger partial charge on any atom is -0.330 e. The van der Waals surface area contributed by atoms with Crippen LogP contribution in [-0.4, -0.2) is 19.5 Å². The van der Waals surface area contributed by atoms with Crippen molar-refractivity contribution in [1.29, 1.82) is 0 Å². The average molecular weight is 274 g/mol. The Morgan fingerprint density at radius 2 is 2.44 bits per heavy atom. The number of nitrogens with one attached hydrogen (secondary N) is 1. The molecule has 90 valence electrons. The third kappa shape index (κ3) is 1.70. The summed E-state index contributed by atoms with van der Waals surface area (Å²) >= 11 is 6.86. The number of fused-ring (bicyclic) bond motifs is 1. The molecule has 0 fully saturated rings. The van der Waals surface area contributed by atoms with Crippen LogP contribution in [0.4, 0.5) is 0 Å². The number of H-pyrrole nitrogens is 1. The van der Waals surface area contributed by atoms with Crippen molar-refractivity contribution in [3.63, 3.8) is 0 Å². The van der Waals surface area contributed by atoms with Crippen LogP contribution in [0.25, 0.3) is 21.9 Å². The number of rotatable bonds is 3. The zero-order chi connectivity index (χ0) is 12.5. The topological polar surface area (TPSA) is 46.5 Å². The van der Waals surface area contributed by atoms with Gasteiger partial charge in [-0.25, -0.2) is 9.97 Å². The summed E-state index contributed by atoms with van der Waals surface area (Å²) in [6.07, 6.45) is 3.44. The first-order valence-corrected chi connectivity index (χ1v) is 6.68. The van der Waals surface area contributed by atoms with Gasteiger partial charge in [0.2, 0.25) is 0 Å². The molecular formula is C12H10N4S2. The Labute approximate surface area is 113 Å². The molecule has 1 N–H and O–H groups in total. The highest BCUT2D eigenvalue weighted by Crippen LogP contribution is 2.27. The van der Waals surface area contributed by atoms with Gasteiger partial charge in [0.1, 0.15) is 11.2 Å². The average Bonchev–Trinajstić information content (AvgIpc) is 2.98. The van der Waals surface area contributed by atoms with Crippen molar-refractivity contribution in [2.75, 3.05) is 0 Å². The smallest absolute Gasteiger partial charge is 0.157 e. The van der Waals surface area contributed by atoms with Crippen molar-refractivity contribution in [3.05, 3.63) is 41.1 Å². The quantitative estimate of drug-likeness (QED) is 0.588. The zero-order valence-corrected chi connectivity index (χ0v) is 11.1. The molecule has 0 bridgehead atoms. The Bertz CT molecular complexity index is 752. The van der Waals surface area contributed by atoms with E-state index < -0.39 is 0 Å². The van der Waals surface area contributed by atoms with Crippen LogP contribution in [0.2, 0.25) is 0 Å². The maximum absolute atomic E-state index is 5.21. The first-order valence-electron chi connectivity index (χ1n) is 5.40. The van der Waals surface area contributed by atoms with Crippen molar-refractivity contribution < 1.29 is 0 Å². The third-order valence-corrected chi connectivity index (χ3v) is 3.77. The van der Waals surface area contributed by atoms with Gasteiger partial charge in [-0.1, -0.05) is 24.4 Å². The Balaban J connectivity index is 2.37. The van der Waals surface area contributed by atoms with Gasteiger partial charge in [0.05, 0.1) is 11.2 Å². The fourth-order valence-electron chi connectivity index (χ4n) is 1.86. The van der Waals surface area contributed by atoms with E-state index in [1.54, 1.807) is 17.7 Å². The first-order chi connectivity index (χ1) is 8.81. The highest BCUT2D eigenvalue weighted by Gasteiger charge is 2.13. The van der Waals surface area contributed by atoms with E-state index in [0.29, 0.717) is 11.2 Å². The van der Waals surface area contributed by atoms with Gasteiger partial charge in [-0.15, -0.1) is 17.9 Å². The van der Waals surface area contributed by atoms with Crippen LogP contribution in [0.3, 0.4) is 0 Å². The Morgan fingerprint density at radius 1 is 1.56 bits per heavy atom. The molecule has 0 aliphatic carbocycles. The lowest BCUT2D eigenvalue weighted by Crippen LogP contribution is -1.98. The summed E-state index contributed by atoms with van der Waals surface area (Å²) in [4.78, 5) is 12.9. The zero-order valence-electron chi connectivity index (χ0n) is 9.46. The predicted molar refractivity (Wildman–Crippen MR) is 76.2 cm³/mol.